The van der Waals surface area contributed by atoms with E-state index in [1.807, 2.05) is 29.8 Å². The molecule has 1 aliphatic rings. The molecule has 26 heavy (non-hydrogen) atoms. The van der Waals surface area contributed by atoms with E-state index in [1.54, 1.807) is 0 Å². The fourth-order valence-corrected chi connectivity index (χ4v) is 3.58. The normalized spacial score (nSPS) is 15.3. The molecule has 1 aromatic carbocycles. The summed E-state index contributed by atoms with van der Waals surface area (Å²) in [6.45, 7) is 11.9. The van der Waals surface area contributed by atoms with Crippen molar-refractivity contribution in [2.75, 3.05) is 31.5 Å². The lowest BCUT2D eigenvalue weighted by atomic mass is 10.2. The summed E-state index contributed by atoms with van der Waals surface area (Å²) in [6, 6.07) is 5.94. The molecule has 5 nitrogen and oxygen atoms in total. The predicted molar refractivity (Wildman–Crippen MR) is 112 cm³/mol. The van der Waals surface area contributed by atoms with E-state index in [9.17, 15) is 0 Å². The van der Waals surface area contributed by atoms with E-state index in [4.69, 9.17) is 23.8 Å². The Morgan fingerprint density at radius 3 is 2.58 bits per heavy atom. The van der Waals surface area contributed by atoms with Gasteiger partial charge in [-0.2, -0.15) is 5.10 Å². The Morgan fingerprint density at radius 1 is 1.23 bits per heavy atom. The summed E-state index contributed by atoms with van der Waals surface area (Å²) >= 11 is 11.8. The Morgan fingerprint density at radius 2 is 1.96 bits per heavy atom. The largest absolute Gasteiger partial charge is 0.346 e. The molecule has 1 saturated heterocycles. The highest BCUT2D eigenvalue weighted by atomic mass is 35.5. The van der Waals surface area contributed by atoms with E-state index in [1.165, 1.54) is 5.56 Å². The van der Waals surface area contributed by atoms with Gasteiger partial charge in [0.25, 0.3) is 0 Å². The molecule has 0 saturated carbocycles. The maximum absolute atomic E-state index is 6.19. The summed E-state index contributed by atoms with van der Waals surface area (Å²) in [6.07, 6.45) is 2.16. The number of nitrogens with one attached hydrogen (secondary N) is 1. The van der Waals surface area contributed by atoms with Gasteiger partial charge in [0, 0.05) is 61.7 Å². The molecule has 1 fully saturated rings. The smallest absolute Gasteiger partial charge is 0.173 e. The van der Waals surface area contributed by atoms with Crippen molar-refractivity contribution in [3.63, 3.8) is 0 Å². The van der Waals surface area contributed by atoms with Crippen LogP contribution in [0.15, 0.2) is 24.4 Å². The third kappa shape index (κ3) is 4.55. The van der Waals surface area contributed by atoms with Crippen molar-refractivity contribution in [3.05, 3.63) is 46.2 Å². The van der Waals surface area contributed by atoms with Crippen LogP contribution in [0, 0.1) is 13.8 Å². The zero-order valence-electron chi connectivity index (χ0n) is 15.6. The lowest BCUT2D eigenvalue weighted by Gasteiger charge is -2.36. The van der Waals surface area contributed by atoms with Gasteiger partial charge < -0.3 is 10.2 Å². The van der Waals surface area contributed by atoms with Gasteiger partial charge in [0.15, 0.2) is 5.11 Å². The number of aromatic nitrogens is 2. The molecule has 140 valence electrons. The number of anilines is 1. The fraction of sp³-hybridized carbons (Fsp3) is 0.474. The van der Waals surface area contributed by atoms with Crippen molar-refractivity contribution in [2.45, 2.75) is 33.9 Å². The van der Waals surface area contributed by atoms with E-state index >= 15 is 0 Å². The predicted octanol–water partition coefficient (Wildman–Crippen LogP) is 3.69. The minimum absolute atomic E-state index is 0.755. The van der Waals surface area contributed by atoms with Crippen LogP contribution in [0.2, 0.25) is 5.02 Å². The highest BCUT2D eigenvalue weighted by molar-refractivity contribution is 7.80. The maximum Gasteiger partial charge on any atom is 0.173 e. The van der Waals surface area contributed by atoms with Crippen molar-refractivity contribution in [3.8, 4) is 0 Å². The number of rotatable bonds is 4. The van der Waals surface area contributed by atoms with Crippen LogP contribution in [-0.4, -0.2) is 50.9 Å². The number of halogens is 1. The second kappa shape index (κ2) is 8.37. The van der Waals surface area contributed by atoms with Crippen LogP contribution in [0.5, 0.6) is 0 Å². The van der Waals surface area contributed by atoms with E-state index in [0.717, 1.165) is 66.3 Å². The number of nitrogens with zero attached hydrogens (tertiary/aromatic N) is 4. The number of hydrogen-bond donors (Lipinski definition) is 1. The van der Waals surface area contributed by atoms with Crippen LogP contribution in [-0.2, 0) is 13.1 Å². The molecule has 0 spiro atoms. The van der Waals surface area contributed by atoms with E-state index in [-0.39, 0.29) is 0 Å². The van der Waals surface area contributed by atoms with Gasteiger partial charge in [0.05, 0.1) is 5.69 Å². The third-order valence-corrected chi connectivity index (χ3v) is 5.62. The molecule has 0 atom stereocenters. The Balaban J connectivity index is 1.51. The van der Waals surface area contributed by atoms with E-state index in [0.29, 0.717) is 0 Å². The molecule has 0 radical (unpaired) electrons. The average Bonchev–Trinajstić information content (AvgIpc) is 2.98. The molecule has 2 aromatic rings. The summed E-state index contributed by atoms with van der Waals surface area (Å²) in [5, 5.41) is 9.36. The summed E-state index contributed by atoms with van der Waals surface area (Å²) in [5.41, 5.74) is 4.45. The molecule has 1 aromatic heterocycles. The van der Waals surface area contributed by atoms with Crippen LogP contribution in [0.25, 0.3) is 0 Å². The van der Waals surface area contributed by atoms with Gasteiger partial charge in [-0.1, -0.05) is 17.7 Å². The lowest BCUT2D eigenvalue weighted by molar-refractivity contribution is 0.176. The second-order valence-corrected chi connectivity index (χ2v) is 7.55. The van der Waals surface area contributed by atoms with E-state index < -0.39 is 0 Å². The summed E-state index contributed by atoms with van der Waals surface area (Å²) in [4.78, 5) is 4.69. The van der Waals surface area contributed by atoms with Crippen molar-refractivity contribution < 1.29 is 0 Å². The molecule has 1 N–H and O–H groups in total. The molecular weight excluding hydrogens is 366 g/mol. The Kier molecular flexibility index (Phi) is 6.16. The summed E-state index contributed by atoms with van der Waals surface area (Å²) in [5.74, 6) is 0. The van der Waals surface area contributed by atoms with Crippen LogP contribution in [0.4, 0.5) is 5.69 Å². The van der Waals surface area contributed by atoms with E-state index in [2.05, 4.69) is 40.3 Å². The molecule has 2 heterocycles. The van der Waals surface area contributed by atoms with Crippen molar-refractivity contribution in [1.29, 1.82) is 0 Å². The number of hydrogen-bond acceptors (Lipinski definition) is 3. The fourth-order valence-electron chi connectivity index (χ4n) is 3.10. The number of piperazine rings is 1. The minimum Gasteiger partial charge on any atom is -0.346 e. The third-order valence-electron chi connectivity index (χ3n) is 4.85. The van der Waals surface area contributed by atoms with Gasteiger partial charge in [-0.3, -0.25) is 9.58 Å². The van der Waals surface area contributed by atoms with Crippen molar-refractivity contribution in [2.24, 2.45) is 0 Å². The molecule has 0 unspecified atom stereocenters. The highest BCUT2D eigenvalue weighted by Crippen LogP contribution is 2.20. The SMILES string of the molecule is CCn1cc(CN2CCN(C(=S)Nc3ccc(C)c(Cl)c3)CC2)c(C)n1. The van der Waals surface area contributed by atoms with Gasteiger partial charge in [-0.15, -0.1) is 0 Å². The van der Waals surface area contributed by atoms with Crippen molar-refractivity contribution in [1.82, 2.24) is 19.6 Å². The van der Waals surface area contributed by atoms with Crippen LogP contribution in [0.1, 0.15) is 23.7 Å². The Labute approximate surface area is 165 Å². The monoisotopic (exact) mass is 391 g/mol. The van der Waals surface area contributed by atoms with Gasteiger partial charge in [-0.25, -0.2) is 0 Å². The zero-order chi connectivity index (χ0) is 18.7. The molecule has 1 aliphatic heterocycles. The number of thiocarbonyl (C=S) groups is 1. The maximum atomic E-state index is 6.19. The first-order valence-corrected chi connectivity index (χ1v) is 9.82. The Bertz CT molecular complexity index is 780. The van der Waals surface area contributed by atoms with Crippen LogP contribution < -0.4 is 5.32 Å². The number of benzene rings is 1. The molecule has 3 rings (SSSR count). The topological polar surface area (TPSA) is 36.3 Å². The standard InChI is InChI=1S/C19H26ClN5S/c1-4-25-13-16(15(3)22-25)12-23-7-9-24(10-8-23)19(26)21-17-6-5-14(2)18(20)11-17/h5-6,11,13H,4,7-10,12H2,1-3H3,(H,21,26). The first-order chi connectivity index (χ1) is 12.5. The molecule has 0 bridgehead atoms. The molecule has 0 aliphatic carbocycles. The molecule has 7 heteroatoms. The quantitative estimate of drug-likeness (QED) is 0.804. The number of aryl methyl sites for hydroxylation is 3. The summed E-state index contributed by atoms with van der Waals surface area (Å²) in [7, 11) is 0. The average molecular weight is 392 g/mol. The molecule has 0 amide bonds. The van der Waals surface area contributed by atoms with Crippen molar-refractivity contribution >= 4 is 34.6 Å². The van der Waals surface area contributed by atoms with Crippen LogP contribution >= 0.6 is 23.8 Å². The van der Waals surface area contributed by atoms with Gasteiger partial charge in [0.2, 0.25) is 0 Å². The minimum atomic E-state index is 0.755. The highest BCUT2D eigenvalue weighted by Gasteiger charge is 2.20. The van der Waals surface area contributed by atoms with Crippen LogP contribution in [0.3, 0.4) is 0 Å². The Hall–Kier alpha value is -1.63. The molecular formula is C19H26ClN5S. The summed E-state index contributed by atoms with van der Waals surface area (Å²) < 4.78 is 2.01. The second-order valence-electron chi connectivity index (χ2n) is 6.75. The first-order valence-electron chi connectivity index (χ1n) is 9.03. The zero-order valence-corrected chi connectivity index (χ0v) is 17.2. The van der Waals surface area contributed by atoms with Gasteiger partial charge in [-0.05, 0) is 50.7 Å². The van der Waals surface area contributed by atoms with Gasteiger partial charge >= 0.3 is 0 Å². The van der Waals surface area contributed by atoms with Gasteiger partial charge in [0.1, 0.15) is 0 Å². The lowest BCUT2D eigenvalue weighted by Crippen LogP contribution is -2.49. The first kappa shape index (κ1) is 19.1.